The lowest BCUT2D eigenvalue weighted by molar-refractivity contribution is -0.384. The number of carbonyl (C=O) groups is 1. The molecule has 0 unspecified atom stereocenters. The summed E-state index contributed by atoms with van der Waals surface area (Å²) in [7, 11) is 0. The van der Waals surface area contributed by atoms with Gasteiger partial charge < -0.3 is 5.32 Å². The van der Waals surface area contributed by atoms with Crippen molar-refractivity contribution < 1.29 is 9.72 Å². The summed E-state index contributed by atoms with van der Waals surface area (Å²) in [5.74, 6) is -0.219. The number of rotatable bonds is 6. The Hall–Kier alpha value is -2.77. The highest BCUT2D eigenvalue weighted by atomic mass is 16.6. The Morgan fingerprint density at radius 3 is 2.54 bits per heavy atom. The van der Waals surface area contributed by atoms with E-state index >= 15 is 0 Å². The van der Waals surface area contributed by atoms with Crippen LogP contribution >= 0.6 is 0 Å². The summed E-state index contributed by atoms with van der Waals surface area (Å²) in [6.07, 6.45) is 0.991. The first-order chi connectivity index (χ1) is 13.5. The second-order valence-electron chi connectivity index (χ2n) is 7.22. The molecule has 28 heavy (non-hydrogen) atoms. The Balaban J connectivity index is 1.53. The zero-order valence-electron chi connectivity index (χ0n) is 16.1. The van der Waals surface area contributed by atoms with Crippen LogP contribution in [0, 0.1) is 17.0 Å². The van der Waals surface area contributed by atoms with Crippen LogP contribution in [-0.4, -0.2) is 53.4 Å². The Bertz CT molecular complexity index is 826. The predicted molar refractivity (Wildman–Crippen MR) is 109 cm³/mol. The highest BCUT2D eigenvalue weighted by Gasteiger charge is 2.20. The first-order valence-corrected chi connectivity index (χ1v) is 9.55. The number of nitrogens with one attached hydrogen (secondary N) is 1. The van der Waals surface area contributed by atoms with Crippen LogP contribution in [0.2, 0.25) is 0 Å². The van der Waals surface area contributed by atoms with Gasteiger partial charge in [0.2, 0.25) is 5.91 Å². The van der Waals surface area contributed by atoms with E-state index in [9.17, 15) is 14.9 Å². The second kappa shape index (κ2) is 9.43. The van der Waals surface area contributed by atoms with Gasteiger partial charge in [0.25, 0.3) is 5.69 Å². The minimum Gasteiger partial charge on any atom is -0.319 e. The molecule has 2 aromatic rings. The van der Waals surface area contributed by atoms with Gasteiger partial charge in [0.15, 0.2) is 0 Å². The van der Waals surface area contributed by atoms with Crippen molar-refractivity contribution >= 4 is 17.3 Å². The molecule has 1 amide bonds. The molecule has 0 radical (unpaired) electrons. The standard InChI is InChI=1S/C21H26N4O3/c1-17-8-9-19(20(14-17)25(27)28)22-21(26)16-24-11-5-10-23(12-13-24)15-18-6-3-2-4-7-18/h2-4,6-9,14H,5,10-13,15-16H2,1H3,(H,22,26). The summed E-state index contributed by atoms with van der Waals surface area (Å²) in [4.78, 5) is 27.7. The molecule has 3 rings (SSSR count). The predicted octanol–water partition coefficient (Wildman–Crippen LogP) is 3.05. The normalized spacial score (nSPS) is 15.8. The number of hydrogen-bond donors (Lipinski definition) is 1. The summed E-state index contributed by atoms with van der Waals surface area (Å²) in [6, 6.07) is 15.2. The molecule has 148 valence electrons. The molecule has 0 aromatic heterocycles. The molecular weight excluding hydrogens is 356 g/mol. The molecule has 1 aliphatic heterocycles. The Kier molecular flexibility index (Phi) is 6.73. The fourth-order valence-corrected chi connectivity index (χ4v) is 3.47. The summed E-state index contributed by atoms with van der Waals surface area (Å²) < 4.78 is 0. The van der Waals surface area contributed by atoms with E-state index in [2.05, 4.69) is 27.2 Å². The van der Waals surface area contributed by atoms with E-state index in [1.807, 2.05) is 18.2 Å². The Morgan fingerprint density at radius 1 is 1.07 bits per heavy atom. The fraction of sp³-hybridized carbons (Fsp3) is 0.381. The molecule has 2 aromatic carbocycles. The molecule has 0 atom stereocenters. The Labute approximate surface area is 165 Å². The molecule has 7 heteroatoms. The highest BCUT2D eigenvalue weighted by Crippen LogP contribution is 2.25. The quantitative estimate of drug-likeness (QED) is 0.614. The zero-order chi connectivity index (χ0) is 19.9. The van der Waals surface area contributed by atoms with E-state index in [4.69, 9.17) is 0 Å². The molecule has 1 fully saturated rings. The maximum Gasteiger partial charge on any atom is 0.293 e. The van der Waals surface area contributed by atoms with Crippen LogP contribution in [0.3, 0.4) is 0 Å². The van der Waals surface area contributed by atoms with Gasteiger partial charge in [-0.1, -0.05) is 36.4 Å². The van der Waals surface area contributed by atoms with Gasteiger partial charge in [-0.2, -0.15) is 0 Å². The average molecular weight is 382 g/mol. The molecule has 7 nitrogen and oxygen atoms in total. The third kappa shape index (κ3) is 5.61. The van der Waals surface area contributed by atoms with Gasteiger partial charge in [-0.25, -0.2) is 0 Å². The molecule has 1 saturated heterocycles. The number of nitrogens with zero attached hydrogens (tertiary/aromatic N) is 3. The van der Waals surface area contributed by atoms with E-state index in [0.717, 1.165) is 44.7 Å². The molecule has 0 spiro atoms. The van der Waals surface area contributed by atoms with Crippen molar-refractivity contribution in [2.24, 2.45) is 0 Å². The van der Waals surface area contributed by atoms with E-state index in [0.29, 0.717) is 0 Å². The summed E-state index contributed by atoms with van der Waals surface area (Å²) in [6.45, 7) is 6.48. The van der Waals surface area contributed by atoms with Crippen LogP contribution in [0.25, 0.3) is 0 Å². The average Bonchev–Trinajstić information content (AvgIpc) is 2.89. The van der Waals surface area contributed by atoms with Crippen LogP contribution in [0.4, 0.5) is 11.4 Å². The van der Waals surface area contributed by atoms with Gasteiger partial charge in [0.05, 0.1) is 11.5 Å². The van der Waals surface area contributed by atoms with Gasteiger partial charge >= 0.3 is 0 Å². The number of aryl methyl sites for hydroxylation is 1. The molecular formula is C21H26N4O3. The number of nitro groups is 1. The SMILES string of the molecule is Cc1ccc(NC(=O)CN2CCCN(Cc3ccccc3)CC2)c([N+](=O)[O-])c1. The zero-order valence-corrected chi connectivity index (χ0v) is 16.1. The maximum absolute atomic E-state index is 12.4. The minimum atomic E-state index is -0.462. The first kappa shape index (κ1) is 20.0. The molecule has 1 aliphatic rings. The van der Waals surface area contributed by atoms with Crippen LogP contribution in [0.15, 0.2) is 48.5 Å². The molecule has 0 aliphatic carbocycles. The summed E-state index contributed by atoms with van der Waals surface area (Å²) in [5.41, 5.74) is 2.26. The lowest BCUT2D eigenvalue weighted by atomic mass is 10.2. The number of amides is 1. The number of hydrogen-bond acceptors (Lipinski definition) is 5. The van der Waals surface area contributed by atoms with Crippen LogP contribution in [-0.2, 0) is 11.3 Å². The smallest absolute Gasteiger partial charge is 0.293 e. The van der Waals surface area contributed by atoms with E-state index in [1.54, 1.807) is 19.1 Å². The van der Waals surface area contributed by atoms with Crippen LogP contribution in [0.1, 0.15) is 17.5 Å². The summed E-state index contributed by atoms with van der Waals surface area (Å²) >= 11 is 0. The van der Waals surface area contributed by atoms with Crippen molar-refractivity contribution in [3.63, 3.8) is 0 Å². The van der Waals surface area contributed by atoms with E-state index in [-0.39, 0.29) is 23.8 Å². The van der Waals surface area contributed by atoms with Crippen molar-refractivity contribution in [2.75, 3.05) is 38.0 Å². The lowest BCUT2D eigenvalue weighted by Gasteiger charge is -2.21. The van der Waals surface area contributed by atoms with Crippen molar-refractivity contribution in [1.29, 1.82) is 0 Å². The number of nitro benzene ring substituents is 1. The molecule has 0 bridgehead atoms. The largest absolute Gasteiger partial charge is 0.319 e. The van der Waals surface area contributed by atoms with Gasteiger partial charge in [-0.15, -0.1) is 0 Å². The number of carbonyl (C=O) groups excluding carboxylic acids is 1. The van der Waals surface area contributed by atoms with Crippen molar-refractivity contribution in [3.05, 3.63) is 69.8 Å². The summed E-state index contributed by atoms with van der Waals surface area (Å²) in [5, 5.41) is 13.9. The van der Waals surface area contributed by atoms with E-state index < -0.39 is 4.92 Å². The number of anilines is 1. The minimum absolute atomic E-state index is 0.0711. The number of benzene rings is 2. The lowest BCUT2D eigenvalue weighted by Crippen LogP contribution is -2.36. The van der Waals surface area contributed by atoms with Gasteiger partial charge in [-0.05, 0) is 43.6 Å². The molecule has 1 N–H and O–H groups in total. The topological polar surface area (TPSA) is 78.7 Å². The first-order valence-electron chi connectivity index (χ1n) is 9.55. The van der Waals surface area contributed by atoms with Gasteiger partial charge in [-0.3, -0.25) is 24.7 Å². The highest BCUT2D eigenvalue weighted by molar-refractivity contribution is 5.94. The van der Waals surface area contributed by atoms with Crippen molar-refractivity contribution in [2.45, 2.75) is 19.9 Å². The van der Waals surface area contributed by atoms with Crippen molar-refractivity contribution in [1.82, 2.24) is 9.80 Å². The monoisotopic (exact) mass is 382 g/mol. The second-order valence-corrected chi connectivity index (χ2v) is 7.22. The third-order valence-electron chi connectivity index (χ3n) is 4.92. The van der Waals surface area contributed by atoms with Gasteiger partial charge in [0.1, 0.15) is 5.69 Å². The fourth-order valence-electron chi connectivity index (χ4n) is 3.47. The third-order valence-corrected chi connectivity index (χ3v) is 4.92. The van der Waals surface area contributed by atoms with Crippen LogP contribution < -0.4 is 5.32 Å². The van der Waals surface area contributed by atoms with Gasteiger partial charge in [0, 0.05) is 25.7 Å². The van der Waals surface area contributed by atoms with Crippen LogP contribution in [0.5, 0.6) is 0 Å². The van der Waals surface area contributed by atoms with E-state index in [1.165, 1.54) is 11.6 Å². The van der Waals surface area contributed by atoms with Crippen molar-refractivity contribution in [3.8, 4) is 0 Å². The Morgan fingerprint density at radius 2 is 1.79 bits per heavy atom. The molecule has 1 heterocycles. The maximum atomic E-state index is 12.4. The molecule has 0 saturated carbocycles.